The molecule has 0 atom stereocenters. The largest absolute Gasteiger partial charge is 0.251 e. The first-order valence-corrected chi connectivity index (χ1v) is 2.70. The van der Waals surface area contributed by atoms with Crippen LogP contribution in [0, 0.1) is 0 Å². The van der Waals surface area contributed by atoms with Gasteiger partial charge < -0.3 is 0 Å². The van der Waals surface area contributed by atoms with Gasteiger partial charge in [-0.05, 0) is 6.92 Å². The van der Waals surface area contributed by atoms with Crippen molar-refractivity contribution in [2.45, 2.75) is 6.92 Å². The molecule has 1 nitrogen and oxygen atoms in total. The molecule has 0 aromatic rings. The third kappa shape index (κ3) is 5.15. The van der Waals surface area contributed by atoms with E-state index in [1.54, 1.807) is 0 Å². The molecule has 0 aromatic heterocycles. The van der Waals surface area contributed by atoms with Gasteiger partial charge >= 0.3 is 0 Å². The Morgan fingerprint density at radius 1 is 1.12 bits per heavy atom. The molecule has 0 unspecified atom stereocenters. The Hall–Kier alpha value is -0.850. The highest BCUT2D eigenvalue weighted by atomic mass is 14.6. The molecule has 0 radical (unpaired) electrons. The van der Waals surface area contributed by atoms with E-state index in [0.29, 0.717) is 0 Å². The normalized spacial score (nSPS) is 12.8. The van der Waals surface area contributed by atoms with Crippen molar-refractivity contribution >= 4 is 6.21 Å². The molecule has 0 aliphatic rings. The van der Waals surface area contributed by atoms with Crippen LogP contribution >= 0.6 is 0 Å². The second kappa shape index (κ2) is 6.15. The molecule has 1 heteroatoms. The van der Waals surface area contributed by atoms with Crippen LogP contribution in [0.5, 0.6) is 0 Å². The molecule has 0 aliphatic heterocycles. The van der Waals surface area contributed by atoms with Crippen LogP contribution in [0.1, 0.15) is 6.92 Å². The maximum atomic E-state index is 2.88. The average molecular weight is 110 g/mol. The molecule has 0 spiro atoms. The molecule has 44 valence electrons. The minimum Gasteiger partial charge on any atom is -0.251 e. The number of hydrogen-bond acceptors (Lipinski definition) is 0. The van der Waals surface area contributed by atoms with Gasteiger partial charge in [0.1, 0.15) is 7.05 Å². The van der Waals surface area contributed by atoms with Crippen molar-refractivity contribution in [3.05, 3.63) is 24.3 Å². The quantitative estimate of drug-likeness (QED) is 0.377. The molecule has 0 saturated heterocycles. The summed E-state index contributed by atoms with van der Waals surface area (Å²) >= 11 is 0. The summed E-state index contributed by atoms with van der Waals surface area (Å²) in [5, 5.41) is 0. The molecule has 0 fully saturated rings. The third-order valence-corrected chi connectivity index (χ3v) is 0.678. The van der Waals surface area contributed by atoms with Gasteiger partial charge in [-0.2, -0.15) is 0 Å². The highest BCUT2D eigenvalue weighted by molar-refractivity contribution is 5.65. The smallest absolute Gasteiger partial charge is 0.161 e. The van der Waals surface area contributed by atoms with Crippen LogP contribution in [0.15, 0.2) is 24.3 Å². The van der Waals surface area contributed by atoms with E-state index in [4.69, 9.17) is 0 Å². The zero-order chi connectivity index (χ0) is 6.24. The Kier molecular flexibility index (Phi) is 5.50. The summed E-state index contributed by atoms with van der Waals surface area (Å²) in [5.41, 5.74) is 0. The molecule has 0 saturated carbocycles. The lowest BCUT2D eigenvalue weighted by Gasteiger charge is -1.64. The van der Waals surface area contributed by atoms with Crippen LogP contribution in [-0.2, 0) is 0 Å². The molecule has 0 amide bonds. The molecule has 0 rings (SSSR count). The first kappa shape index (κ1) is 7.15. The standard InChI is InChI=1S/C7H11N/c1-3-4-5-6-7-8-2/h3-7H,1-2H3/p+1. The van der Waals surface area contributed by atoms with Gasteiger partial charge in [-0.3, -0.25) is 4.99 Å². The molecule has 1 N–H and O–H groups in total. The molecule has 0 aliphatic carbocycles. The highest BCUT2D eigenvalue weighted by Gasteiger charge is 1.60. The number of hydrogen-bond donors (Lipinski definition) is 1. The summed E-state index contributed by atoms with van der Waals surface area (Å²) in [4.78, 5) is 2.88. The number of rotatable bonds is 2. The monoisotopic (exact) mass is 110 g/mol. The molecule has 0 aromatic carbocycles. The number of allylic oxidation sites excluding steroid dienone is 4. The fourth-order valence-electron chi connectivity index (χ4n) is 0.327. The van der Waals surface area contributed by atoms with Crippen LogP contribution < -0.4 is 4.99 Å². The van der Waals surface area contributed by atoms with E-state index >= 15 is 0 Å². The predicted molar refractivity (Wildman–Crippen MR) is 36.9 cm³/mol. The average Bonchev–Trinajstić information content (AvgIpc) is 1.81. The highest BCUT2D eigenvalue weighted by Crippen LogP contribution is 1.69. The fraction of sp³-hybridized carbons (Fsp3) is 0.286. The van der Waals surface area contributed by atoms with Gasteiger partial charge in [-0.15, -0.1) is 0 Å². The SMILES string of the molecule is CC=CC=CC=[NH+]C. The number of nitrogens with one attached hydrogen (secondary N) is 1. The third-order valence-electron chi connectivity index (χ3n) is 0.678. The van der Waals surface area contributed by atoms with E-state index in [9.17, 15) is 0 Å². The molecule has 0 heterocycles. The Bertz CT molecular complexity index is 95.6. The van der Waals surface area contributed by atoms with E-state index in [1.807, 2.05) is 44.5 Å². The molecule has 8 heavy (non-hydrogen) atoms. The lowest BCUT2D eigenvalue weighted by molar-refractivity contribution is -0.413. The van der Waals surface area contributed by atoms with E-state index in [2.05, 4.69) is 4.99 Å². The summed E-state index contributed by atoms with van der Waals surface area (Å²) in [7, 11) is 1.88. The topological polar surface area (TPSA) is 14.0 Å². The molecular weight excluding hydrogens is 98.1 g/mol. The van der Waals surface area contributed by atoms with Crippen molar-refractivity contribution in [1.82, 2.24) is 0 Å². The second-order valence-electron chi connectivity index (χ2n) is 1.37. The van der Waals surface area contributed by atoms with E-state index < -0.39 is 0 Å². The van der Waals surface area contributed by atoms with Gasteiger partial charge in [0.15, 0.2) is 6.21 Å². The maximum Gasteiger partial charge on any atom is 0.161 e. The maximum absolute atomic E-state index is 2.88. The second-order valence-corrected chi connectivity index (χ2v) is 1.37. The van der Waals surface area contributed by atoms with Crippen molar-refractivity contribution < 1.29 is 4.99 Å². The van der Waals surface area contributed by atoms with Crippen molar-refractivity contribution in [2.75, 3.05) is 7.05 Å². The van der Waals surface area contributed by atoms with Gasteiger partial charge in [-0.25, -0.2) is 0 Å². The van der Waals surface area contributed by atoms with E-state index in [1.165, 1.54) is 0 Å². The summed E-state index contributed by atoms with van der Waals surface area (Å²) < 4.78 is 0. The minimum atomic E-state index is 1.88. The van der Waals surface area contributed by atoms with Gasteiger partial charge in [0.25, 0.3) is 0 Å². The molecule has 0 bridgehead atoms. The lowest BCUT2D eigenvalue weighted by atomic mass is 10.4. The zero-order valence-corrected chi connectivity index (χ0v) is 5.39. The Morgan fingerprint density at radius 2 is 1.88 bits per heavy atom. The van der Waals surface area contributed by atoms with Gasteiger partial charge in [0.05, 0.1) is 0 Å². The fourth-order valence-corrected chi connectivity index (χ4v) is 0.327. The van der Waals surface area contributed by atoms with Crippen molar-refractivity contribution in [3.8, 4) is 0 Å². The van der Waals surface area contributed by atoms with Crippen LogP contribution in [0.25, 0.3) is 0 Å². The van der Waals surface area contributed by atoms with Gasteiger partial charge in [0.2, 0.25) is 0 Å². The Labute approximate surface area is 50.4 Å². The van der Waals surface area contributed by atoms with Gasteiger partial charge in [0, 0.05) is 6.08 Å². The van der Waals surface area contributed by atoms with Crippen LogP contribution in [-0.4, -0.2) is 13.3 Å². The Balaban J connectivity index is 3.35. The summed E-state index contributed by atoms with van der Waals surface area (Å²) in [6, 6.07) is 0. The predicted octanol–water partition coefficient (Wildman–Crippen LogP) is -0.100. The van der Waals surface area contributed by atoms with Gasteiger partial charge in [-0.1, -0.05) is 18.2 Å². The van der Waals surface area contributed by atoms with Crippen LogP contribution in [0.3, 0.4) is 0 Å². The molecular formula is C7H12N+. The van der Waals surface area contributed by atoms with Crippen LogP contribution in [0.4, 0.5) is 0 Å². The van der Waals surface area contributed by atoms with Crippen molar-refractivity contribution in [1.29, 1.82) is 0 Å². The lowest BCUT2D eigenvalue weighted by Crippen LogP contribution is -2.62. The minimum absolute atomic E-state index is 1.88. The summed E-state index contributed by atoms with van der Waals surface area (Å²) in [6.07, 6.45) is 9.75. The summed E-state index contributed by atoms with van der Waals surface area (Å²) in [5.74, 6) is 0. The van der Waals surface area contributed by atoms with E-state index in [-0.39, 0.29) is 0 Å². The Morgan fingerprint density at radius 3 is 2.38 bits per heavy atom. The van der Waals surface area contributed by atoms with E-state index in [0.717, 1.165) is 0 Å². The van der Waals surface area contributed by atoms with Crippen molar-refractivity contribution in [3.63, 3.8) is 0 Å². The van der Waals surface area contributed by atoms with Crippen LogP contribution in [0.2, 0.25) is 0 Å². The first-order chi connectivity index (χ1) is 3.91. The first-order valence-electron chi connectivity index (χ1n) is 2.70. The summed E-state index contributed by atoms with van der Waals surface area (Å²) in [6.45, 7) is 1.99. The van der Waals surface area contributed by atoms with Crippen molar-refractivity contribution in [2.24, 2.45) is 0 Å². The zero-order valence-electron chi connectivity index (χ0n) is 5.39.